The number of ether oxygens (including phenoxy) is 3. The van der Waals surface area contributed by atoms with E-state index in [1.54, 1.807) is 12.1 Å². The topological polar surface area (TPSA) is 92.0 Å². The van der Waals surface area contributed by atoms with E-state index in [2.05, 4.69) is 19.9 Å². The molecule has 0 amide bonds. The Hall–Kier alpha value is -3.35. The van der Waals surface area contributed by atoms with Crippen molar-refractivity contribution < 1.29 is 28.2 Å². The molecule has 0 saturated heterocycles. The van der Waals surface area contributed by atoms with Crippen LogP contribution >= 0.6 is 0 Å². The number of benzene rings is 1. The Kier molecular flexibility index (Phi) is 7.98. The van der Waals surface area contributed by atoms with E-state index in [9.17, 15) is 14.4 Å². The highest BCUT2D eigenvalue weighted by Crippen LogP contribution is 2.37. The molecule has 0 spiro atoms. The van der Waals surface area contributed by atoms with Gasteiger partial charge in [0.25, 0.3) is 5.75 Å². The van der Waals surface area contributed by atoms with Gasteiger partial charge < -0.3 is 18.6 Å². The Bertz CT molecular complexity index is 1050. The van der Waals surface area contributed by atoms with Gasteiger partial charge in [-0.3, -0.25) is 9.59 Å². The Morgan fingerprint density at radius 1 is 0.967 bits per heavy atom. The number of carbonyl (C=O) groups is 2. The molecule has 1 aromatic heterocycles. The van der Waals surface area contributed by atoms with Gasteiger partial charge in [-0.25, -0.2) is 4.79 Å². The second-order valence-electron chi connectivity index (χ2n) is 7.05. The van der Waals surface area contributed by atoms with Crippen molar-refractivity contribution in [3.8, 4) is 17.2 Å². The lowest BCUT2D eigenvalue weighted by molar-refractivity contribution is -0.132. The number of carbonyl (C=O) groups excluding carboxylic acids is 2. The molecule has 7 nitrogen and oxygen atoms in total. The number of allylic oxidation sites excluding steroid dienone is 3. The molecule has 0 aliphatic carbocycles. The molecule has 0 N–H and O–H groups in total. The summed E-state index contributed by atoms with van der Waals surface area (Å²) in [5.41, 5.74) is 1.51. The van der Waals surface area contributed by atoms with Crippen molar-refractivity contribution in [3.05, 3.63) is 51.9 Å². The van der Waals surface area contributed by atoms with Gasteiger partial charge in [0.1, 0.15) is 6.61 Å². The van der Waals surface area contributed by atoms with E-state index in [4.69, 9.17) is 18.6 Å². The van der Waals surface area contributed by atoms with E-state index < -0.39 is 17.6 Å². The number of hydrogen-bond acceptors (Lipinski definition) is 7. The molecule has 0 bridgehead atoms. The molecule has 0 unspecified atom stereocenters. The second-order valence-corrected chi connectivity index (χ2v) is 7.05. The van der Waals surface area contributed by atoms with Gasteiger partial charge in [0.05, 0.1) is 5.39 Å². The monoisotopic (exact) mass is 414 g/mol. The first-order chi connectivity index (χ1) is 14.2. The lowest BCUT2D eigenvalue weighted by atomic mass is 10.1. The first kappa shape index (κ1) is 22.9. The van der Waals surface area contributed by atoms with E-state index >= 15 is 0 Å². The normalized spacial score (nSPS) is 11.2. The maximum atomic E-state index is 12.4. The van der Waals surface area contributed by atoms with Gasteiger partial charge in [-0.1, -0.05) is 23.3 Å². The van der Waals surface area contributed by atoms with Crippen molar-refractivity contribution in [2.24, 2.45) is 0 Å². The summed E-state index contributed by atoms with van der Waals surface area (Å²) >= 11 is 0. The molecule has 1 heterocycles. The van der Waals surface area contributed by atoms with Gasteiger partial charge in [-0.2, -0.15) is 0 Å². The Labute approximate surface area is 174 Å². The highest BCUT2D eigenvalue weighted by Gasteiger charge is 2.22. The summed E-state index contributed by atoms with van der Waals surface area (Å²) in [6, 6.07) is 4.74. The lowest BCUT2D eigenvalue weighted by Gasteiger charge is -2.13. The van der Waals surface area contributed by atoms with E-state index in [0.717, 1.165) is 18.4 Å². The molecule has 0 aliphatic rings. The Morgan fingerprint density at radius 2 is 1.67 bits per heavy atom. The van der Waals surface area contributed by atoms with Gasteiger partial charge in [0.15, 0.2) is 17.1 Å². The zero-order valence-corrected chi connectivity index (χ0v) is 17.9. The summed E-state index contributed by atoms with van der Waals surface area (Å²) in [6.45, 7) is 8.67. The van der Waals surface area contributed by atoms with Crippen LogP contribution in [0.1, 0.15) is 47.5 Å². The zero-order valence-electron chi connectivity index (χ0n) is 17.9. The van der Waals surface area contributed by atoms with Gasteiger partial charge >= 0.3 is 17.6 Å². The molecule has 0 fully saturated rings. The number of fused-ring (bicyclic) bond motifs is 1. The standard InChI is InChI=1S/C23H26O7/c1-14(2)8-6-9-15(3)12-13-27-21-18-10-7-11-19(28-16(4)24)20(18)30-23(26)22(21)29-17(5)25/h7-8,10-12H,6,9,13H2,1-5H3. The Morgan fingerprint density at radius 3 is 2.30 bits per heavy atom. The van der Waals surface area contributed by atoms with Gasteiger partial charge in [-0.15, -0.1) is 0 Å². The van der Waals surface area contributed by atoms with Gasteiger partial charge in [0, 0.05) is 13.8 Å². The SMILES string of the molecule is CC(=O)Oc1c(OCC=C(C)CCC=C(C)C)c2cccc(OC(C)=O)c2oc1=O. The molecule has 30 heavy (non-hydrogen) atoms. The van der Waals surface area contributed by atoms with Crippen molar-refractivity contribution in [1.82, 2.24) is 0 Å². The van der Waals surface area contributed by atoms with Crippen LogP contribution < -0.4 is 19.8 Å². The van der Waals surface area contributed by atoms with E-state index in [-0.39, 0.29) is 29.4 Å². The quantitative estimate of drug-likeness (QED) is 0.267. The fourth-order valence-corrected chi connectivity index (χ4v) is 2.72. The number of esters is 2. The second kappa shape index (κ2) is 10.4. The fourth-order valence-electron chi connectivity index (χ4n) is 2.72. The maximum absolute atomic E-state index is 12.4. The summed E-state index contributed by atoms with van der Waals surface area (Å²) in [6.07, 6.45) is 5.85. The third-order valence-electron chi connectivity index (χ3n) is 4.06. The predicted octanol–water partition coefficient (Wildman–Crippen LogP) is 4.72. The van der Waals surface area contributed by atoms with Crippen LogP contribution in [0.15, 0.2) is 50.7 Å². The van der Waals surface area contributed by atoms with Crippen LogP contribution in [0.25, 0.3) is 11.0 Å². The summed E-state index contributed by atoms with van der Waals surface area (Å²) in [7, 11) is 0. The zero-order chi connectivity index (χ0) is 22.3. The van der Waals surface area contributed by atoms with Crippen LogP contribution in [-0.4, -0.2) is 18.5 Å². The van der Waals surface area contributed by atoms with Crippen LogP contribution in [0.4, 0.5) is 0 Å². The van der Waals surface area contributed by atoms with Crippen LogP contribution in [0, 0.1) is 0 Å². The molecule has 7 heteroatoms. The molecule has 1 aromatic carbocycles. The first-order valence-corrected chi connectivity index (χ1v) is 9.57. The smallest absolute Gasteiger partial charge is 0.383 e. The first-order valence-electron chi connectivity index (χ1n) is 9.57. The summed E-state index contributed by atoms with van der Waals surface area (Å²) in [5.74, 6) is -1.46. The molecular formula is C23H26O7. The van der Waals surface area contributed by atoms with Gasteiger partial charge in [0.2, 0.25) is 0 Å². The number of rotatable bonds is 8. The average Bonchev–Trinajstić information content (AvgIpc) is 2.63. The number of hydrogen-bond donors (Lipinski definition) is 0. The van der Waals surface area contributed by atoms with Crippen LogP contribution in [0.2, 0.25) is 0 Å². The molecular weight excluding hydrogens is 388 g/mol. The molecule has 0 atom stereocenters. The van der Waals surface area contributed by atoms with Crippen molar-refractivity contribution in [3.63, 3.8) is 0 Å². The van der Waals surface area contributed by atoms with E-state index in [1.165, 1.54) is 25.5 Å². The van der Waals surface area contributed by atoms with Crippen molar-refractivity contribution in [1.29, 1.82) is 0 Å². The maximum Gasteiger partial charge on any atom is 0.383 e. The van der Waals surface area contributed by atoms with Crippen molar-refractivity contribution in [2.45, 2.75) is 47.5 Å². The summed E-state index contributed by atoms with van der Waals surface area (Å²) in [5, 5.41) is 0.347. The minimum atomic E-state index is -0.906. The van der Waals surface area contributed by atoms with Crippen molar-refractivity contribution >= 4 is 22.9 Å². The number of para-hydroxylation sites is 1. The predicted molar refractivity (Wildman–Crippen MR) is 113 cm³/mol. The highest BCUT2D eigenvalue weighted by molar-refractivity contribution is 5.92. The van der Waals surface area contributed by atoms with E-state index in [0.29, 0.717) is 5.39 Å². The molecule has 2 rings (SSSR count). The average molecular weight is 414 g/mol. The van der Waals surface area contributed by atoms with Gasteiger partial charge in [-0.05, 0) is 51.8 Å². The van der Waals surface area contributed by atoms with Crippen LogP contribution in [0.3, 0.4) is 0 Å². The van der Waals surface area contributed by atoms with E-state index in [1.807, 2.05) is 13.0 Å². The summed E-state index contributed by atoms with van der Waals surface area (Å²) < 4.78 is 21.2. The lowest BCUT2D eigenvalue weighted by Crippen LogP contribution is -2.14. The van der Waals surface area contributed by atoms with Crippen molar-refractivity contribution in [2.75, 3.05) is 6.61 Å². The van der Waals surface area contributed by atoms with Crippen LogP contribution in [-0.2, 0) is 9.59 Å². The van der Waals surface area contributed by atoms with Crippen LogP contribution in [0.5, 0.6) is 17.2 Å². The molecule has 0 saturated carbocycles. The third-order valence-corrected chi connectivity index (χ3v) is 4.06. The summed E-state index contributed by atoms with van der Waals surface area (Å²) in [4.78, 5) is 35.3. The third kappa shape index (κ3) is 6.34. The molecule has 0 radical (unpaired) electrons. The minimum Gasteiger partial charge on any atom is -0.485 e. The molecule has 2 aromatic rings. The highest BCUT2D eigenvalue weighted by atomic mass is 16.6. The minimum absolute atomic E-state index is 0.0351. The Balaban J connectivity index is 2.42. The molecule has 0 aliphatic heterocycles. The molecule has 160 valence electrons. The fraction of sp³-hybridized carbons (Fsp3) is 0.348. The largest absolute Gasteiger partial charge is 0.485 e.